The summed E-state index contributed by atoms with van der Waals surface area (Å²) in [4.78, 5) is 23.0. The Bertz CT molecular complexity index is 500. The van der Waals surface area contributed by atoms with Gasteiger partial charge in [0.25, 0.3) is 17.4 Å². The van der Waals surface area contributed by atoms with Crippen LogP contribution >= 0.6 is 0 Å². The number of nitrogens with two attached hydrogens (primary N) is 1. The molecule has 1 heterocycles. The van der Waals surface area contributed by atoms with E-state index in [9.17, 15) is 9.59 Å². The maximum absolute atomic E-state index is 11.7. The van der Waals surface area contributed by atoms with Crippen molar-refractivity contribution in [3.8, 4) is 11.5 Å². The van der Waals surface area contributed by atoms with Crippen LogP contribution in [0.3, 0.4) is 0 Å². The number of ether oxygens (including phenoxy) is 2. The van der Waals surface area contributed by atoms with Gasteiger partial charge in [0.1, 0.15) is 11.5 Å². The summed E-state index contributed by atoms with van der Waals surface area (Å²) in [6.45, 7) is 1.33. The monoisotopic (exact) mass is 236 g/mol. The third-order valence-electron chi connectivity index (χ3n) is 2.65. The summed E-state index contributed by atoms with van der Waals surface area (Å²) in [7, 11) is 1.51. The largest absolute Gasteiger partial charge is 0.497 e. The van der Waals surface area contributed by atoms with E-state index in [2.05, 4.69) is 5.32 Å². The molecule has 0 aliphatic carbocycles. The van der Waals surface area contributed by atoms with E-state index in [1.165, 1.54) is 14.0 Å². The van der Waals surface area contributed by atoms with Gasteiger partial charge in [0.2, 0.25) is 0 Å². The van der Waals surface area contributed by atoms with E-state index in [1.54, 1.807) is 18.2 Å². The number of hydrogen-bond acceptors (Lipinski definition) is 4. The molecule has 1 aliphatic rings. The Morgan fingerprint density at radius 1 is 1.53 bits per heavy atom. The van der Waals surface area contributed by atoms with Crippen molar-refractivity contribution in [2.24, 2.45) is 5.73 Å². The van der Waals surface area contributed by atoms with E-state index in [-0.39, 0.29) is 0 Å². The average Bonchev–Trinajstić information content (AvgIpc) is 2.30. The molecule has 6 nitrogen and oxygen atoms in total. The van der Waals surface area contributed by atoms with Crippen molar-refractivity contribution in [3.63, 3.8) is 0 Å². The lowest BCUT2D eigenvalue weighted by atomic mass is 10.0. The van der Waals surface area contributed by atoms with Gasteiger partial charge in [-0.15, -0.1) is 0 Å². The first kappa shape index (κ1) is 11.3. The van der Waals surface area contributed by atoms with Crippen LogP contribution in [0, 0.1) is 0 Å². The zero-order chi connectivity index (χ0) is 12.6. The van der Waals surface area contributed by atoms with Crippen molar-refractivity contribution in [1.29, 1.82) is 0 Å². The number of hydrogen-bond donors (Lipinski definition) is 2. The molecule has 0 fully saturated rings. The normalized spacial score (nSPS) is 22.1. The second-order valence-electron chi connectivity index (χ2n) is 3.82. The number of nitrogens with one attached hydrogen (secondary N) is 1. The number of carbonyl (C=O) groups is 2. The number of rotatable bonds is 2. The van der Waals surface area contributed by atoms with Crippen molar-refractivity contribution < 1.29 is 19.1 Å². The van der Waals surface area contributed by atoms with Crippen LogP contribution in [0.2, 0.25) is 0 Å². The zero-order valence-corrected chi connectivity index (χ0v) is 9.44. The summed E-state index contributed by atoms with van der Waals surface area (Å²) in [5.41, 5.74) is 3.93. The summed E-state index contributed by atoms with van der Waals surface area (Å²) < 4.78 is 10.4. The standard InChI is InChI=1S/C11H12N2O4/c1-11(9(12)14)10(15)13-7-5-6(16-2)3-4-8(7)17-11/h3-5H,1-2H3,(H2,12,14)(H,13,15)/t11-/m1/s1. The molecule has 17 heavy (non-hydrogen) atoms. The quantitative estimate of drug-likeness (QED) is 0.721. The van der Waals surface area contributed by atoms with Crippen LogP contribution in [-0.4, -0.2) is 24.5 Å². The van der Waals surface area contributed by atoms with Gasteiger partial charge < -0.3 is 20.5 Å². The number of primary amides is 1. The molecule has 1 aliphatic heterocycles. The van der Waals surface area contributed by atoms with Gasteiger partial charge in [-0.2, -0.15) is 0 Å². The first-order valence-corrected chi connectivity index (χ1v) is 4.96. The Hall–Kier alpha value is -2.24. The Labute approximate surface area is 97.7 Å². The van der Waals surface area contributed by atoms with Gasteiger partial charge in [0.15, 0.2) is 0 Å². The third-order valence-corrected chi connectivity index (χ3v) is 2.65. The molecule has 0 spiro atoms. The fourth-order valence-corrected chi connectivity index (χ4v) is 1.49. The van der Waals surface area contributed by atoms with E-state index in [0.29, 0.717) is 17.2 Å². The average molecular weight is 236 g/mol. The maximum Gasteiger partial charge on any atom is 0.278 e. The van der Waals surface area contributed by atoms with Gasteiger partial charge >= 0.3 is 0 Å². The maximum atomic E-state index is 11.7. The number of anilines is 1. The lowest BCUT2D eigenvalue weighted by Crippen LogP contribution is -2.57. The highest BCUT2D eigenvalue weighted by molar-refractivity contribution is 6.15. The molecule has 0 saturated carbocycles. The van der Waals surface area contributed by atoms with Crippen molar-refractivity contribution in [1.82, 2.24) is 0 Å². The molecule has 1 aromatic carbocycles. The molecule has 90 valence electrons. The fourth-order valence-electron chi connectivity index (χ4n) is 1.49. The summed E-state index contributed by atoms with van der Waals surface area (Å²) in [6.07, 6.45) is 0. The highest BCUT2D eigenvalue weighted by Gasteiger charge is 2.45. The summed E-state index contributed by atoms with van der Waals surface area (Å²) in [6, 6.07) is 4.88. The minimum Gasteiger partial charge on any atom is -0.497 e. The molecule has 1 atom stereocenters. The zero-order valence-electron chi connectivity index (χ0n) is 9.44. The molecule has 0 radical (unpaired) electrons. The Morgan fingerprint density at radius 2 is 2.24 bits per heavy atom. The Kier molecular flexibility index (Phi) is 2.42. The van der Waals surface area contributed by atoms with Crippen LogP contribution in [0.25, 0.3) is 0 Å². The molecule has 0 unspecified atom stereocenters. The van der Waals surface area contributed by atoms with Crippen molar-refractivity contribution in [3.05, 3.63) is 18.2 Å². The molecule has 0 bridgehead atoms. The van der Waals surface area contributed by atoms with Gasteiger partial charge in [-0.3, -0.25) is 9.59 Å². The third kappa shape index (κ3) is 1.67. The van der Waals surface area contributed by atoms with Crippen LogP contribution in [-0.2, 0) is 9.59 Å². The predicted octanol–water partition coefficient (Wildman–Crippen LogP) is 0.270. The number of methoxy groups -OCH3 is 1. The van der Waals surface area contributed by atoms with Gasteiger partial charge in [-0.25, -0.2) is 0 Å². The fraction of sp³-hybridized carbons (Fsp3) is 0.273. The van der Waals surface area contributed by atoms with Crippen LogP contribution in [0.15, 0.2) is 18.2 Å². The van der Waals surface area contributed by atoms with Crippen LogP contribution in [0.5, 0.6) is 11.5 Å². The van der Waals surface area contributed by atoms with Crippen molar-refractivity contribution in [2.75, 3.05) is 12.4 Å². The number of benzene rings is 1. The van der Waals surface area contributed by atoms with E-state index < -0.39 is 17.4 Å². The van der Waals surface area contributed by atoms with Crippen molar-refractivity contribution >= 4 is 17.5 Å². The molecule has 1 aromatic rings. The van der Waals surface area contributed by atoms with E-state index in [4.69, 9.17) is 15.2 Å². The lowest BCUT2D eigenvalue weighted by molar-refractivity contribution is -0.144. The molecule has 0 saturated heterocycles. The smallest absolute Gasteiger partial charge is 0.278 e. The second-order valence-corrected chi connectivity index (χ2v) is 3.82. The van der Waals surface area contributed by atoms with Crippen LogP contribution < -0.4 is 20.5 Å². The molecular weight excluding hydrogens is 224 g/mol. The minimum absolute atomic E-state index is 0.381. The first-order chi connectivity index (χ1) is 7.97. The highest BCUT2D eigenvalue weighted by Crippen LogP contribution is 2.36. The number of carbonyl (C=O) groups excluding carboxylic acids is 2. The molecule has 0 aromatic heterocycles. The molecular formula is C11H12N2O4. The molecule has 2 rings (SSSR count). The number of fused-ring (bicyclic) bond motifs is 1. The molecule has 3 N–H and O–H groups in total. The second kappa shape index (κ2) is 3.65. The highest BCUT2D eigenvalue weighted by atomic mass is 16.5. The van der Waals surface area contributed by atoms with E-state index in [1.807, 2.05) is 0 Å². The van der Waals surface area contributed by atoms with E-state index >= 15 is 0 Å². The predicted molar refractivity (Wildman–Crippen MR) is 59.9 cm³/mol. The molecule has 2 amide bonds. The van der Waals surface area contributed by atoms with Crippen molar-refractivity contribution in [2.45, 2.75) is 12.5 Å². The van der Waals surface area contributed by atoms with Gasteiger partial charge in [0, 0.05) is 6.07 Å². The van der Waals surface area contributed by atoms with Crippen LogP contribution in [0.1, 0.15) is 6.92 Å². The van der Waals surface area contributed by atoms with E-state index in [0.717, 1.165) is 0 Å². The van der Waals surface area contributed by atoms with Gasteiger partial charge in [-0.05, 0) is 19.1 Å². The van der Waals surface area contributed by atoms with Gasteiger partial charge in [-0.1, -0.05) is 0 Å². The number of amides is 2. The van der Waals surface area contributed by atoms with Crippen LogP contribution in [0.4, 0.5) is 5.69 Å². The Balaban J connectivity index is 2.43. The first-order valence-electron chi connectivity index (χ1n) is 4.96. The summed E-state index contributed by atoms with van der Waals surface area (Å²) in [5, 5.41) is 2.56. The molecule has 6 heteroatoms. The SMILES string of the molecule is COc1ccc2c(c1)NC(=O)[C@@](C)(C(N)=O)O2. The summed E-state index contributed by atoms with van der Waals surface area (Å²) in [5.74, 6) is -0.468. The lowest BCUT2D eigenvalue weighted by Gasteiger charge is -2.31. The van der Waals surface area contributed by atoms with Gasteiger partial charge in [0.05, 0.1) is 12.8 Å². The summed E-state index contributed by atoms with van der Waals surface area (Å²) >= 11 is 0. The Morgan fingerprint density at radius 3 is 2.82 bits per heavy atom. The minimum atomic E-state index is -1.68. The topological polar surface area (TPSA) is 90.6 Å².